The summed E-state index contributed by atoms with van der Waals surface area (Å²) >= 11 is 3.47. The van der Waals surface area contributed by atoms with Crippen molar-refractivity contribution in [1.29, 1.82) is 5.26 Å². The zero-order valence-corrected chi connectivity index (χ0v) is 17.4. The minimum atomic E-state index is -0.234. The minimum absolute atomic E-state index is 0.102. The standard InChI is InChI=1S/C24H19BrN2O2/c1-17-6-5-9-21(12-17)27-24(28)16-29-23-11-10-18(14-22(23)25)13-20(15-26)19-7-3-2-4-8-19/h2-14H,16H2,1H3,(H,27,28)/b20-13+. The van der Waals surface area contributed by atoms with Crippen LogP contribution in [0.4, 0.5) is 5.69 Å². The third-order valence-electron chi connectivity index (χ3n) is 4.13. The Morgan fingerprint density at radius 2 is 1.90 bits per heavy atom. The van der Waals surface area contributed by atoms with Crippen molar-refractivity contribution in [2.75, 3.05) is 11.9 Å². The average molecular weight is 447 g/mol. The molecule has 0 saturated carbocycles. The smallest absolute Gasteiger partial charge is 0.262 e. The molecule has 0 radical (unpaired) electrons. The molecule has 0 atom stereocenters. The molecule has 0 spiro atoms. The van der Waals surface area contributed by atoms with E-state index in [1.165, 1.54) is 0 Å². The van der Waals surface area contributed by atoms with Crippen LogP contribution in [0, 0.1) is 18.3 Å². The van der Waals surface area contributed by atoms with E-state index in [0.717, 1.165) is 22.4 Å². The van der Waals surface area contributed by atoms with Gasteiger partial charge < -0.3 is 10.1 Å². The molecule has 4 nitrogen and oxygen atoms in total. The summed E-state index contributed by atoms with van der Waals surface area (Å²) in [5.41, 5.74) is 4.10. The highest BCUT2D eigenvalue weighted by Gasteiger charge is 2.08. The van der Waals surface area contributed by atoms with Crippen LogP contribution in [0.15, 0.2) is 77.3 Å². The summed E-state index contributed by atoms with van der Waals surface area (Å²) in [6.45, 7) is 1.87. The van der Waals surface area contributed by atoms with Crippen molar-refractivity contribution in [3.8, 4) is 11.8 Å². The zero-order valence-electron chi connectivity index (χ0n) is 15.9. The first kappa shape index (κ1) is 20.4. The molecule has 5 heteroatoms. The van der Waals surface area contributed by atoms with Gasteiger partial charge in [-0.25, -0.2) is 0 Å². The molecule has 0 aromatic heterocycles. The lowest BCUT2D eigenvalue weighted by Crippen LogP contribution is -2.20. The fourth-order valence-electron chi connectivity index (χ4n) is 2.75. The molecule has 0 bridgehead atoms. The van der Waals surface area contributed by atoms with E-state index in [0.29, 0.717) is 15.8 Å². The fourth-order valence-corrected chi connectivity index (χ4v) is 3.26. The molecule has 3 aromatic carbocycles. The number of nitriles is 1. The summed E-state index contributed by atoms with van der Waals surface area (Å²) in [5.74, 6) is 0.321. The van der Waals surface area contributed by atoms with Crippen molar-refractivity contribution in [3.63, 3.8) is 0 Å². The third-order valence-corrected chi connectivity index (χ3v) is 4.75. The number of allylic oxidation sites excluding steroid dienone is 1. The molecule has 1 N–H and O–H groups in total. The number of nitrogens with one attached hydrogen (secondary N) is 1. The molecule has 0 aliphatic carbocycles. The molecule has 1 amide bonds. The summed E-state index contributed by atoms with van der Waals surface area (Å²) < 4.78 is 6.34. The Morgan fingerprint density at radius 1 is 1.10 bits per heavy atom. The van der Waals surface area contributed by atoms with E-state index in [-0.39, 0.29) is 12.5 Å². The first-order valence-electron chi connectivity index (χ1n) is 9.01. The van der Waals surface area contributed by atoms with Crippen LogP contribution in [0.1, 0.15) is 16.7 Å². The zero-order chi connectivity index (χ0) is 20.6. The Bertz CT molecular complexity index is 1090. The summed E-state index contributed by atoms with van der Waals surface area (Å²) in [7, 11) is 0. The number of halogens is 1. The van der Waals surface area contributed by atoms with E-state index in [1.807, 2.05) is 79.7 Å². The maximum absolute atomic E-state index is 12.1. The first-order chi connectivity index (χ1) is 14.0. The highest BCUT2D eigenvalue weighted by atomic mass is 79.9. The van der Waals surface area contributed by atoms with Crippen molar-refractivity contribution in [3.05, 3.63) is 94.0 Å². The van der Waals surface area contributed by atoms with Crippen molar-refractivity contribution in [2.24, 2.45) is 0 Å². The van der Waals surface area contributed by atoms with Gasteiger partial charge in [-0.2, -0.15) is 5.26 Å². The molecule has 0 fully saturated rings. The quantitative estimate of drug-likeness (QED) is 0.382. The van der Waals surface area contributed by atoms with Gasteiger partial charge in [-0.3, -0.25) is 4.79 Å². The van der Waals surface area contributed by atoms with Crippen LogP contribution in [0.3, 0.4) is 0 Å². The van der Waals surface area contributed by atoms with E-state index >= 15 is 0 Å². The van der Waals surface area contributed by atoms with Gasteiger partial charge in [-0.15, -0.1) is 0 Å². The minimum Gasteiger partial charge on any atom is -0.483 e. The fraction of sp³-hybridized carbons (Fsp3) is 0.0833. The van der Waals surface area contributed by atoms with E-state index < -0.39 is 0 Å². The molecule has 29 heavy (non-hydrogen) atoms. The molecule has 0 saturated heterocycles. The number of aryl methyl sites for hydroxylation is 1. The molecule has 3 aromatic rings. The van der Waals surface area contributed by atoms with Crippen LogP contribution < -0.4 is 10.1 Å². The maximum atomic E-state index is 12.1. The number of carbonyl (C=O) groups is 1. The Hall–Kier alpha value is -3.36. The van der Waals surface area contributed by atoms with Gasteiger partial charge in [0.1, 0.15) is 5.75 Å². The van der Waals surface area contributed by atoms with Gasteiger partial charge in [0.05, 0.1) is 16.1 Å². The van der Waals surface area contributed by atoms with Gasteiger partial charge in [0, 0.05) is 5.69 Å². The number of hydrogen-bond acceptors (Lipinski definition) is 3. The number of amides is 1. The monoisotopic (exact) mass is 446 g/mol. The normalized spacial score (nSPS) is 10.9. The number of rotatable bonds is 6. The van der Waals surface area contributed by atoms with E-state index in [2.05, 4.69) is 27.3 Å². The molecular weight excluding hydrogens is 428 g/mol. The molecular formula is C24H19BrN2O2. The van der Waals surface area contributed by atoms with Crippen LogP contribution in [0.2, 0.25) is 0 Å². The van der Waals surface area contributed by atoms with Gasteiger partial charge in [-0.05, 0) is 69.9 Å². The average Bonchev–Trinajstić information content (AvgIpc) is 2.72. The van der Waals surface area contributed by atoms with Crippen LogP contribution in [0.5, 0.6) is 5.75 Å². The Kier molecular flexibility index (Phi) is 6.83. The van der Waals surface area contributed by atoms with Gasteiger partial charge in [0.25, 0.3) is 5.91 Å². The summed E-state index contributed by atoms with van der Waals surface area (Å²) in [4.78, 5) is 12.1. The molecule has 0 aliphatic heterocycles. The lowest BCUT2D eigenvalue weighted by Gasteiger charge is -2.10. The van der Waals surface area contributed by atoms with Gasteiger partial charge in [-0.1, -0.05) is 48.5 Å². The second kappa shape index (κ2) is 9.72. The van der Waals surface area contributed by atoms with E-state index in [9.17, 15) is 10.1 Å². The lowest BCUT2D eigenvalue weighted by molar-refractivity contribution is -0.118. The number of hydrogen-bond donors (Lipinski definition) is 1. The van der Waals surface area contributed by atoms with Gasteiger partial charge in [0.15, 0.2) is 6.61 Å². The largest absolute Gasteiger partial charge is 0.483 e. The van der Waals surface area contributed by atoms with E-state index in [1.54, 1.807) is 6.07 Å². The van der Waals surface area contributed by atoms with Crippen LogP contribution >= 0.6 is 15.9 Å². The van der Waals surface area contributed by atoms with Crippen molar-refractivity contribution in [1.82, 2.24) is 0 Å². The summed E-state index contributed by atoms with van der Waals surface area (Å²) in [5, 5.41) is 12.3. The first-order valence-corrected chi connectivity index (χ1v) is 9.80. The van der Waals surface area contributed by atoms with Crippen molar-refractivity contribution >= 4 is 39.2 Å². The Labute approximate surface area is 178 Å². The number of benzene rings is 3. The number of anilines is 1. The van der Waals surface area contributed by atoms with Gasteiger partial charge in [0.2, 0.25) is 0 Å². The van der Waals surface area contributed by atoms with Crippen LogP contribution in [-0.2, 0) is 4.79 Å². The lowest BCUT2D eigenvalue weighted by atomic mass is 10.0. The Morgan fingerprint density at radius 3 is 2.59 bits per heavy atom. The van der Waals surface area contributed by atoms with E-state index in [4.69, 9.17) is 4.74 Å². The molecule has 144 valence electrons. The highest BCUT2D eigenvalue weighted by molar-refractivity contribution is 9.10. The second-order valence-electron chi connectivity index (χ2n) is 6.43. The molecule has 0 aliphatic rings. The number of ether oxygens (including phenoxy) is 1. The molecule has 3 rings (SSSR count). The number of nitrogens with zero attached hydrogens (tertiary/aromatic N) is 1. The maximum Gasteiger partial charge on any atom is 0.262 e. The van der Waals surface area contributed by atoms with Crippen LogP contribution in [0.25, 0.3) is 11.6 Å². The number of carbonyl (C=O) groups excluding carboxylic acids is 1. The predicted octanol–water partition coefficient (Wildman–Crippen LogP) is 5.84. The SMILES string of the molecule is Cc1cccc(NC(=O)COc2ccc(/C=C(\C#N)c3ccccc3)cc2Br)c1. The summed E-state index contributed by atoms with van der Waals surface area (Å²) in [6, 6.07) is 24.8. The molecule has 0 heterocycles. The van der Waals surface area contributed by atoms with Crippen LogP contribution in [-0.4, -0.2) is 12.5 Å². The third kappa shape index (κ3) is 5.81. The second-order valence-corrected chi connectivity index (χ2v) is 7.29. The topological polar surface area (TPSA) is 62.1 Å². The summed E-state index contributed by atoms with van der Waals surface area (Å²) in [6.07, 6.45) is 1.81. The Balaban J connectivity index is 1.66. The highest BCUT2D eigenvalue weighted by Crippen LogP contribution is 2.28. The predicted molar refractivity (Wildman–Crippen MR) is 119 cm³/mol. The van der Waals surface area contributed by atoms with Gasteiger partial charge >= 0.3 is 0 Å². The molecule has 0 unspecified atom stereocenters. The van der Waals surface area contributed by atoms with Crippen molar-refractivity contribution < 1.29 is 9.53 Å². The van der Waals surface area contributed by atoms with Crippen molar-refractivity contribution in [2.45, 2.75) is 6.92 Å².